The van der Waals surface area contributed by atoms with Gasteiger partial charge in [-0.25, -0.2) is 4.89 Å². The van der Waals surface area contributed by atoms with Crippen molar-refractivity contribution in [2.75, 3.05) is 0 Å². The van der Waals surface area contributed by atoms with Crippen LogP contribution < -0.4 is 0 Å². The summed E-state index contributed by atoms with van der Waals surface area (Å²) in [5, 5.41) is 0. The second-order valence-corrected chi connectivity index (χ2v) is 11.0. The minimum absolute atomic E-state index is 0.407. The van der Waals surface area contributed by atoms with E-state index in [0.29, 0.717) is 5.92 Å². The molecule has 1 aromatic rings. The highest BCUT2D eigenvalue weighted by atomic mass is 28.4. The van der Waals surface area contributed by atoms with Crippen LogP contribution in [0.1, 0.15) is 44.7 Å². The van der Waals surface area contributed by atoms with E-state index in [0.717, 1.165) is 5.56 Å². The molecule has 0 aliphatic heterocycles. The first kappa shape index (κ1) is 15.4. The molecule has 0 atom stereocenters. The normalized spacial score (nSPS) is 13.1. The summed E-state index contributed by atoms with van der Waals surface area (Å²) in [7, 11) is -1.65. The molecule has 2 nitrogen and oxygen atoms in total. The van der Waals surface area contributed by atoms with E-state index in [2.05, 4.69) is 57.8 Å². The molecule has 0 aromatic heterocycles. The molecule has 0 spiro atoms. The third-order valence-electron chi connectivity index (χ3n) is 2.77. The molecule has 0 bridgehead atoms. The standard InChI is InChI=1S/C15H26O2Si/c1-12(2)13-8-10-14(11-9-13)15(3,4)16-17-18(5,6)7/h8-12H,1-7H3. The van der Waals surface area contributed by atoms with E-state index >= 15 is 0 Å². The molecular weight excluding hydrogens is 240 g/mol. The van der Waals surface area contributed by atoms with Crippen molar-refractivity contribution in [3.63, 3.8) is 0 Å². The van der Waals surface area contributed by atoms with Gasteiger partial charge in [0.05, 0.1) is 0 Å². The SMILES string of the molecule is CC(C)c1ccc(C(C)(C)OO[Si](C)(C)C)cc1. The van der Waals surface area contributed by atoms with Gasteiger partial charge in [0.1, 0.15) is 5.60 Å². The van der Waals surface area contributed by atoms with Crippen molar-refractivity contribution in [1.29, 1.82) is 0 Å². The summed E-state index contributed by atoms with van der Waals surface area (Å²) < 4.78 is 5.57. The van der Waals surface area contributed by atoms with Crippen molar-refractivity contribution in [2.45, 2.75) is 58.9 Å². The molecule has 0 aliphatic carbocycles. The first-order valence-electron chi connectivity index (χ1n) is 6.59. The Labute approximate surface area is 112 Å². The Hall–Kier alpha value is -0.643. The molecule has 0 radical (unpaired) electrons. The summed E-state index contributed by atoms with van der Waals surface area (Å²) in [5.74, 6) is 0.557. The zero-order valence-electron chi connectivity index (χ0n) is 12.7. The van der Waals surface area contributed by atoms with Gasteiger partial charge in [-0.15, -0.1) is 0 Å². The molecule has 1 aromatic carbocycles. The molecule has 3 heteroatoms. The van der Waals surface area contributed by atoms with Gasteiger partial charge < -0.3 is 0 Å². The van der Waals surface area contributed by atoms with Crippen LogP contribution in [-0.2, 0) is 15.1 Å². The van der Waals surface area contributed by atoms with Crippen LogP contribution >= 0.6 is 0 Å². The first-order valence-corrected chi connectivity index (χ1v) is 10.00. The van der Waals surface area contributed by atoms with E-state index in [1.807, 2.05) is 13.8 Å². The Morgan fingerprint density at radius 3 is 1.89 bits per heavy atom. The highest BCUT2D eigenvalue weighted by Crippen LogP contribution is 2.27. The molecule has 1 rings (SSSR count). The third kappa shape index (κ3) is 4.56. The minimum atomic E-state index is -1.65. The van der Waals surface area contributed by atoms with Gasteiger partial charge in [0, 0.05) is 0 Å². The summed E-state index contributed by atoms with van der Waals surface area (Å²) in [4.78, 5) is 5.64. The molecule has 0 aliphatic rings. The van der Waals surface area contributed by atoms with Crippen LogP contribution in [-0.4, -0.2) is 8.32 Å². The molecular formula is C15H26O2Si. The third-order valence-corrected chi connectivity index (χ3v) is 3.36. The topological polar surface area (TPSA) is 18.5 Å². The zero-order chi connectivity index (χ0) is 14.0. The predicted molar refractivity (Wildman–Crippen MR) is 79.1 cm³/mol. The second-order valence-electron chi connectivity index (χ2n) is 6.57. The fourth-order valence-electron chi connectivity index (χ4n) is 1.55. The van der Waals surface area contributed by atoms with Crippen LogP contribution in [0.2, 0.25) is 19.6 Å². The van der Waals surface area contributed by atoms with Crippen molar-refractivity contribution < 1.29 is 9.46 Å². The minimum Gasteiger partial charge on any atom is -0.286 e. The molecule has 0 unspecified atom stereocenters. The van der Waals surface area contributed by atoms with Crippen molar-refractivity contribution in [3.8, 4) is 0 Å². The van der Waals surface area contributed by atoms with Crippen molar-refractivity contribution in [3.05, 3.63) is 35.4 Å². The summed E-state index contributed by atoms with van der Waals surface area (Å²) in [6.07, 6.45) is 0. The summed E-state index contributed by atoms with van der Waals surface area (Å²) >= 11 is 0. The van der Waals surface area contributed by atoms with Crippen LogP contribution in [0.5, 0.6) is 0 Å². The maximum Gasteiger partial charge on any atom is 0.230 e. The largest absolute Gasteiger partial charge is 0.286 e. The van der Waals surface area contributed by atoms with Crippen molar-refractivity contribution >= 4 is 8.32 Å². The maximum atomic E-state index is 5.64. The van der Waals surface area contributed by atoms with Crippen LogP contribution in [0.3, 0.4) is 0 Å². The number of rotatable bonds is 5. The Morgan fingerprint density at radius 1 is 1.00 bits per heavy atom. The van der Waals surface area contributed by atoms with Gasteiger partial charge in [-0.05, 0) is 50.5 Å². The highest BCUT2D eigenvalue weighted by Gasteiger charge is 2.26. The molecule has 102 valence electrons. The quantitative estimate of drug-likeness (QED) is 0.432. The van der Waals surface area contributed by atoms with Gasteiger partial charge in [-0.1, -0.05) is 38.1 Å². The molecule has 18 heavy (non-hydrogen) atoms. The van der Waals surface area contributed by atoms with E-state index in [1.54, 1.807) is 0 Å². The average Bonchev–Trinajstić information content (AvgIpc) is 2.26. The van der Waals surface area contributed by atoms with Crippen LogP contribution in [0.4, 0.5) is 0 Å². The van der Waals surface area contributed by atoms with Gasteiger partial charge in [0.2, 0.25) is 8.32 Å². The van der Waals surface area contributed by atoms with Gasteiger partial charge in [0.25, 0.3) is 0 Å². The fourth-order valence-corrected chi connectivity index (χ4v) is 2.01. The van der Waals surface area contributed by atoms with E-state index in [-0.39, 0.29) is 0 Å². The van der Waals surface area contributed by atoms with Crippen LogP contribution in [0, 0.1) is 0 Å². The smallest absolute Gasteiger partial charge is 0.230 e. The number of benzene rings is 1. The van der Waals surface area contributed by atoms with Gasteiger partial charge in [-0.3, -0.25) is 4.58 Å². The lowest BCUT2D eigenvalue weighted by molar-refractivity contribution is -0.296. The highest BCUT2D eigenvalue weighted by molar-refractivity contribution is 6.69. The van der Waals surface area contributed by atoms with Gasteiger partial charge in [0.15, 0.2) is 0 Å². The lowest BCUT2D eigenvalue weighted by Crippen LogP contribution is -2.32. The maximum absolute atomic E-state index is 5.64. The summed E-state index contributed by atoms with van der Waals surface area (Å²) in [6.45, 7) is 14.8. The van der Waals surface area contributed by atoms with Crippen molar-refractivity contribution in [1.82, 2.24) is 0 Å². The fraction of sp³-hybridized carbons (Fsp3) is 0.600. The van der Waals surface area contributed by atoms with Crippen LogP contribution in [0.25, 0.3) is 0 Å². The predicted octanol–water partition coefficient (Wildman–Crippen LogP) is 4.83. The number of hydrogen-bond donors (Lipinski definition) is 0. The van der Waals surface area contributed by atoms with E-state index in [4.69, 9.17) is 9.46 Å². The summed E-state index contributed by atoms with van der Waals surface area (Å²) in [6, 6.07) is 8.59. The molecule has 0 saturated heterocycles. The Bertz CT molecular complexity index is 374. The molecule has 0 fully saturated rings. The Morgan fingerprint density at radius 2 is 1.50 bits per heavy atom. The van der Waals surface area contributed by atoms with E-state index in [9.17, 15) is 0 Å². The molecule has 0 N–H and O–H groups in total. The lowest BCUT2D eigenvalue weighted by atomic mass is 9.94. The Balaban J connectivity index is 2.78. The van der Waals surface area contributed by atoms with Crippen LogP contribution in [0.15, 0.2) is 24.3 Å². The monoisotopic (exact) mass is 266 g/mol. The number of hydrogen-bond acceptors (Lipinski definition) is 2. The van der Waals surface area contributed by atoms with Crippen molar-refractivity contribution in [2.24, 2.45) is 0 Å². The molecule has 0 saturated carbocycles. The summed E-state index contributed by atoms with van der Waals surface area (Å²) in [5.41, 5.74) is 2.08. The van der Waals surface area contributed by atoms with E-state index in [1.165, 1.54) is 5.56 Å². The van der Waals surface area contributed by atoms with Gasteiger partial charge >= 0.3 is 0 Å². The lowest BCUT2D eigenvalue weighted by Gasteiger charge is -2.28. The average molecular weight is 266 g/mol. The van der Waals surface area contributed by atoms with Gasteiger partial charge in [-0.2, -0.15) is 0 Å². The Kier molecular flexibility index (Phi) is 4.76. The zero-order valence-corrected chi connectivity index (χ0v) is 13.7. The second kappa shape index (κ2) is 5.55. The first-order chi connectivity index (χ1) is 8.12. The molecule has 0 amide bonds. The molecule has 0 heterocycles. The van der Waals surface area contributed by atoms with E-state index < -0.39 is 13.9 Å².